The molecule has 94 valence electrons. The maximum absolute atomic E-state index is 10.5. The lowest BCUT2D eigenvalue weighted by Crippen LogP contribution is -2.00. The quantitative estimate of drug-likeness (QED) is 0.877. The molecule has 0 spiro atoms. The molecule has 1 N–H and O–H groups in total. The number of nitrogens with zero attached hydrogens (tertiary/aromatic N) is 2. The first-order chi connectivity index (χ1) is 8.66. The normalized spacial score (nSPS) is 12.3. The molecule has 0 aliphatic heterocycles. The zero-order chi connectivity index (χ0) is 13.0. The van der Waals surface area contributed by atoms with Gasteiger partial charge in [0.15, 0.2) is 0 Å². The second kappa shape index (κ2) is 5.44. The molecule has 0 amide bonds. The van der Waals surface area contributed by atoms with Gasteiger partial charge < -0.3 is 9.63 Å². The average molecular weight is 246 g/mol. The maximum atomic E-state index is 10.5. The van der Waals surface area contributed by atoms with E-state index in [1.165, 1.54) is 0 Å². The van der Waals surface area contributed by atoms with Crippen molar-refractivity contribution in [3.05, 3.63) is 36.2 Å². The van der Waals surface area contributed by atoms with Crippen molar-refractivity contribution in [3.63, 3.8) is 0 Å². The van der Waals surface area contributed by atoms with Gasteiger partial charge in [-0.05, 0) is 6.42 Å². The Bertz CT molecular complexity index is 522. The van der Waals surface area contributed by atoms with E-state index in [4.69, 9.17) is 9.63 Å². The van der Waals surface area contributed by atoms with Crippen molar-refractivity contribution in [2.45, 2.75) is 25.7 Å². The maximum Gasteiger partial charge on any atom is 0.303 e. The third-order valence-electron chi connectivity index (χ3n) is 2.69. The number of benzene rings is 1. The van der Waals surface area contributed by atoms with Gasteiger partial charge in [0.05, 0.1) is 0 Å². The van der Waals surface area contributed by atoms with Crippen LogP contribution in [0, 0.1) is 0 Å². The molecule has 0 bridgehead atoms. The highest BCUT2D eigenvalue weighted by Gasteiger charge is 2.16. The van der Waals surface area contributed by atoms with Crippen LogP contribution in [-0.2, 0) is 4.79 Å². The largest absolute Gasteiger partial charge is 0.481 e. The number of rotatable bonds is 5. The van der Waals surface area contributed by atoms with Crippen LogP contribution in [0.4, 0.5) is 0 Å². The monoisotopic (exact) mass is 246 g/mol. The van der Waals surface area contributed by atoms with E-state index in [2.05, 4.69) is 10.1 Å². The number of hydrogen-bond donors (Lipinski definition) is 1. The van der Waals surface area contributed by atoms with Crippen molar-refractivity contribution >= 4 is 5.97 Å². The summed E-state index contributed by atoms with van der Waals surface area (Å²) in [6.45, 7) is 1.88. The van der Waals surface area contributed by atoms with Gasteiger partial charge in [0.25, 0.3) is 0 Å². The highest BCUT2D eigenvalue weighted by molar-refractivity contribution is 5.66. The predicted molar refractivity (Wildman–Crippen MR) is 65.0 cm³/mol. The molecule has 0 aliphatic carbocycles. The fraction of sp³-hybridized carbons (Fsp3) is 0.308. The fourth-order valence-electron chi connectivity index (χ4n) is 1.60. The Morgan fingerprint density at radius 3 is 2.78 bits per heavy atom. The Labute approximate surface area is 104 Å². The Kier molecular flexibility index (Phi) is 3.72. The first-order valence-electron chi connectivity index (χ1n) is 5.77. The van der Waals surface area contributed by atoms with E-state index in [1.807, 2.05) is 37.3 Å². The number of aromatic nitrogens is 2. The fourth-order valence-corrected chi connectivity index (χ4v) is 1.60. The van der Waals surface area contributed by atoms with Gasteiger partial charge in [-0.15, -0.1) is 0 Å². The highest BCUT2D eigenvalue weighted by atomic mass is 16.5. The molecule has 18 heavy (non-hydrogen) atoms. The van der Waals surface area contributed by atoms with Crippen LogP contribution in [0.25, 0.3) is 11.4 Å². The third kappa shape index (κ3) is 2.94. The van der Waals surface area contributed by atoms with Gasteiger partial charge in [-0.3, -0.25) is 4.79 Å². The van der Waals surface area contributed by atoms with E-state index >= 15 is 0 Å². The van der Waals surface area contributed by atoms with Crippen LogP contribution in [0.3, 0.4) is 0 Å². The number of carboxylic acids is 1. The van der Waals surface area contributed by atoms with E-state index < -0.39 is 5.97 Å². The number of hydrogen-bond acceptors (Lipinski definition) is 4. The van der Waals surface area contributed by atoms with Crippen LogP contribution in [0.15, 0.2) is 34.9 Å². The molecule has 1 aromatic carbocycles. The van der Waals surface area contributed by atoms with Gasteiger partial charge >= 0.3 is 5.97 Å². The summed E-state index contributed by atoms with van der Waals surface area (Å²) in [4.78, 5) is 14.8. The Morgan fingerprint density at radius 1 is 1.39 bits per heavy atom. The van der Waals surface area contributed by atoms with Crippen LogP contribution in [0.2, 0.25) is 0 Å². The Morgan fingerprint density at radius 2 is 2.11 bits per heavy atom. The lowest BCUT2D eigenvalue weighted by molar-refractivity contribution is -0.137. The molecule has 0 fully saturated rings. The summed E-state index contributed by atoms with van der Waals surface area (Å²) in [5, 5.41) is 12.5. The van der Waals surface area contributed by atoms with Gasteiger partial charge in [0.2, 0.25) is 11.7 Å². The molecule has 1 atom stereocenters. The van der Waals surface area contributed by atoms with Crippen molar-refractivity contribution in [3.8, 4) is 11.4 Å². The molecule has 0 aliphatic rings. The zero-order valence-electron chi connectivity index (χ0n) is 10.0. The van der Waals surface area contributed by atoms with Crippen LogP contribution in [0.1, 0.15) is 31.6 Å². The zero-order valence-corrected chi connectivity index (χ0v) is 10.0. The summed E-state index contributed by atoms with van der Waals surface area (Å²) < 4.78 is 5.16. The molecule has 0 saturated heterocycles. The summed E-state index contributed by atoms with van der Waals surface area (Å²) in [6.07, 6.45) is 0.593. The van der Waals surface area contributed by atoms with Crippen LogP contribution in [-0.4, -0.2) is 21.2 Å². The molecule has 1 unspecified atom stereocenters. The summed E-state index contributed by atoms with van der Waals surface area (Å²) in [6, 6.07) is 9.52. The Hall–Kier alpha value is -2.17. The van der Waals surface area contributed by atoms with Crippen LogP contribution >= 0.6 is 0 Å². The standard InChI is InChI=1S/C13H14N2O3/c1-9(7-8-11(16)17)13-14-12(15-18-13)10-5-3-2-4-6-10/h2-6,9H,7-8H2,1H3,(H,16,17). The van der Waals surface area contributed by atoms with Gasteiger partial charge in [0.1, 0.15) is 0 Å². The topological polar surface area (TPSA) is 76.2 Å². The number of carboxylic acid groups (broad SMARTS) is 1. The minimum atomic E-state index is -0.815. The molecule has 0 saturated carbocycles. The average Bonchev–Trinajstić information content (AvgIpc) is 2.86. The second-order valence-corrected chi connectivity index (χ2v) is 4.16. The van der Waals surface area contributed by atoms with E-state index in [0.717, 1.165) is 5.56 Å². The molecular weight excluding hydrogens is 232 g/mol. The Balaban J connectivity index is 2.08. The van der Waals surface area contributed by atoms with Crippen molar-refractivity contribution in [1.82, 2.24) is 10.1 Å². The summed E-state index contributed by atoms with van der Waals surface area (Å²) >= 11 is 0. The highest BCUT2D eigenvalue weighted by Crippen LogP contribution is 2.22. The summed E-state index contributed by atoms with van der Waals surface area (Å²) in [5.41, 5.74) is 0.887. The van der Waals surface area contributed by atoms with Crippen molar-refractivity contribution in [2.24, 2.45) is 0 Å². The number of aliphatic carboxylic acids is 1. The predicted octanol–water partition coefficient (Wildman–Crippen LogP) is 2.70. The first kappa shape index (κ1) is 12.3. The second-order valence-electron chi connectivity index (χ2n) is 4.16. The SMILES string of the molecule is CC(CCC(=O)O)c1nc(-c2ccccc2)no1. The van der Waals surface area contributed by atoms with E-state index in [0.29, 0.717) is 18.1 Å². The lowest BCUT2D eigenvalue weighted by Gasteiger charge is -2.02. The third-order valence-corrected chi connectivity index (χ3v) is 2.69. The van der Waals surface area contributed by atoms with Gasteiger partial charge in [0, 0.05) is 17.9 Å². The minimum absolute atomic E-state index is 0.0499. The van der Waals surface area contributed by atoms with Crippen molar-refractivity contribution in [2.75, 3.05) is 0 Å². The summed E-state index contributed by atoms with van der Waals surface area (Å²) in [7, 11) is 0. The lowest BCUT2D eigenvalue weighted by atomic mass is 10.1. The van der Waals surface area contributed by atoms with E-state index in [1.54, 1.807) is 0 Å². The van der Waals surface area contributed by atoms with Gasteiger partial charge in [-0.25, -0.2) is 0 Å². The van der Waals surface area contributed by atoms with Crippen LogP contribution in [0.5, 0.6) is 0 Å². The minimum Gasteiger partial charge on any atom is -0.481 e. The first-order valence-corrected chi connectivity index (χ1v) is 5.77. The number of carbonyl (C=O) groups is 1. The molecule has 2 aromatic rings. The van der Waals surface area contributed by atoms with Crippen molar-refractivity contribution < 1.29 is 14.4 Å². The molecular formula is C13H14N2O3. The molecule has 2 rings (SSSR count). The molecule has 5 heteroatoms. The summed E-state index contributed by atoms with van der Waals surface area (Å²) in [5.74, 6) is 0.151. The molecule has 0 radical (unpaired) electrons. The van der Waals surface area contributed by atoms with E-state index in [9.17, 15) is 4.79 Å². The van der Waals surface area contributed by atoms with Gasteiger partial charge in [-0.2, -0.15) is 4.98 Å². The molecule has 1 aromatic heterocycles. The smallest absolute Gasteiger partial charge is 0.303 e. The van der Waals surface area contributed by atoms with Gasteiger partial charge in [-0.1, -0.05) is 42.4 Å². The molecule has 1 heterocycles. The van der Waals surface area contributed by atoms with Crippen molar-refractivity contribution in [1.29, 1.82) is 0 Å². The van der Waals surface area contributed by atoms with Crippen LogP contribution < -0.4 is 0 Å². The van der Waals surface area contributed by atoms with E-state index in [-0.39, 0.29) is 12.3 Å². The molecule has 5 nitrogen and oxygen atoms in total.